The molecule has 0 spiro atoms. The van der Waals surface area contributed by atoms with Gasteiger partial charge < -0.3 is 4.74 Å². The maximum atomic E-state index is 6.07. The van der Waals surface area contributed by atoms with Crippen molar-refractivity contribution < 1.29 is 4.74 Å². The Bertz CT molecular complexity index is 340. The molecule has 0 unspecified atom stereocenters. The van der Waals surface area contributed by atoms with Gasteiger partial charge in [0.25, 0.3) is 0 Å². The summed E-state index contributed by atoms with van der Waals surface area (Å²) in [6.45, 7) is 4.84. The Labute approximate surface area is 109 Å². The van der Waals surface area contributed by atoms with Gasteiger partial charge in [-0.05, 0) is 18.1 Å². The van der Waals surface area contributed by atoms with Gasteiger partial charge in [-0.15, -0.1) is 0 Å². The maximum absolute atomic E-state index is 6.07. The van der Waals surface area contributed by atoms with Crippen LogP contribution in [-0.4, -0.2) is 6.61 Å². The van der Waals surface area contributed by atoms with E-state index in [-0.39, 0.29) is 0 Å². The molecule has 0 bridgehead atoms. The van der Waals surface area contributed by atoms with E-state index in [1.54, 1.807) is 6.07 Å². The standard InChI is InChI=1S/C11H13BrCl2O/c1-7(2)6-15-11-8(5-12)3-9(13)4-10(11)14/h3-4,7H,5-6H2,1-2H3. The number of ether oxygens (including phenoxy) is 1. The lowest BCUT2D eigenvalue weighted by atomic mass is 10.2. The molecule has 4 heteroatoms. The second-order valence-corrected chi connectivity index (χ2v) is 5.12. The molecule has 0 saturated heterocycles. The van der Waals surface area contributed by atoms with E-state index in [9.17, 15) is 0 Å². The third kappa shape index (κ3) is 3.86. The lowest BCUT2D eigenvalue weighted by molar-refractivity contribution is 0.269. The molecule has 15 heavy (non-hydrogen) atoms. The van der Waals surface area contributed by atoms with Crippen LogP contribution in [0.2, 0.25) is 10.0 Å². The van der Waals surface area contributed by atoms with E-state index in [4.69, 9.17) is 27.9 Å². The first-order valence-electron chi connectivity index (χ1n) is 4.71. The van der Waals surface area contributed by atoms with Gasteiger partial charge in [0.15, 0.2) is 0 Å². The van der Waals surface area contributed by atoms with Crippen LogP contribution in [0, 0.1) is 5.92 Å². The molecule has 1 aromatic rings. The zero-order chi connectivity index (χ0) is 11.4. The quantitative estimate of drug-likeness (QED) is 0.717. The molecule has 1 aromatic carbocycles. The first-order valence-corrected chi connectivity index (χ1v) is 6.59. The summed E-state index contributed by atoms with van der Waals surface area (Å²) in [5.41, 5.74) is 0.980. The summed E-state index contributed by atoms with van der Waals surface area (Å²) in [7, 11) is 0. The Morgan fingerprint density at radius 2 is 2.00 bits per heavy atom. The first-order chi connectivity index (χ1) is 7.04. The highest BCUT2D eigenvalue weighted by atomic mass is 79.9. The predicted octanol–water partition coefficient (Wildman–Crippen LogP) is 4.92. The average molecular weight is 312 g/mol. The van der Waals surface area contributed by atoms with Crippen LogP contribution in [0.5, 0.6) is 5.75 Å². The van der Waals surface area contributed by atoms with E-state index in [2.05, 4.69) is 29.8 Å². The van der Waals surface area contributed by atoms with E-state index in [0.717, 1.165) is 11.3 Å². The third-order valence-corrected chi connectivity index (χ3v) is 2.89. The number of halogens is 3. The predicted molar refractivity (Wildman–Crippen MR) is 69.4 cm³/mol. The smallest absolute Gasteiger partial charge is 0.142 e. The Morgan fingerprint density at radius 3 is 2.53 bits per heavy atom. The van der Waals surface area contributed by atoms with E-state index in [1.165, 1.54) is 0 Å². The van der Waals surface area contributed by atoms with E-state index >= 15 is 0 Å². The van der Waals surface area contributed by atoms with Gasteiger partial charge in [0, 0.05) is 15.9 Å². The molecule has 0 aliphatic heterocycles. The minimum atomic E-state index is 0.472. The number of rotatable bonds is 4. The van der Waals surface area contributed by atoms with Gasteiger partial charge in [0.05, 0.1) is 11.6 Å². The lowest BCUT2D eigenvalue weighted by Crippen LogP contribution is -2.06. The summed E-state index contributed by atoms with van der Waals surface area (Å²) in [4.78, 5) is 0. The largest absolute Gasteiger partial charge is 0.491 e. The van der Waals surface area contributed by atoms with Crippen molar-refractivity contribution in [2.24, 2.45) is 5.92 Å². The fraction of sp³-hybridized carbons (Fsp3) is 0.455. The van der Waals surface area contributed by atoms with Crippen molar-refractivity contribution in [3.63, 3.8) is 0 Å². The number of alkyl halides is 1. The molecule has 0 radical (unpaired) electrons. The van der Waals surface area contributed by atoms with Crippen LogP contribution < -0.4 is 4.74 Å². The highest BCUT2D eigenvalue weighted by Gasteiger charge is 2.10. The van der Waals surface area contributed by atoms with Crippen molar-refractivity contribution in [2.75, 3.05) is 6.61 Å². The van der Waals surface area contributed by atoms with Crippen LogP contribution in [0.4, 0.5) is 0 Å². The zero-order valence-electron chi connectivity index (χ0n) is 8.69. The molecule has 0 N–H and O–H groups in total. The molecule has 0 amide bonds. The second-order valence-electron chi connectivity index (χ2n) is 3.71. The summed E-state index contributed by atoms with van der Waals surface area (Å²) >= 11 is 15.4. The van der Waals surface area contributed by atoms with Crippen LogP contribution in [0.1, 0.15) is 19.4 Å². The second kappa shape index (κ2) is 5.97. The number of benzene rings is 1. The lowest BCUT2D eigenvalue weighted by Gasteiger charge is -2.13. The normalized spacial score (nSPS) is 10.8. The minimum absolute atomic E-state index is 0.472. The Morgan fingerprint density at radius 1 is 1.33 bits per heavy atom. The fourth-order valence-electron chi connectivity index (χ4n) is 1.12. The van der Waals surface area contributed by atoms with Crippen molar-refractivity contribution in [1.29, 1.82) is 0 Å². The Hall–Kier alpha value is 0.0800. The van der Waals surface area contributed by atoms with Crippen molar-refractivity contribution in [1.82, 2.24) is 0 Å². The molecule has 0 aliphatic carbocycles. The van der Waals surface area contributed by atoms with Gasteiger partial charge in [-0.1, -0.05) is 53.0 Å². The van der Waals surface area contributed by atoms with Gasteiger partial charge in [-0.2, -0.15) is 0 Å². The van der Waals surface area contributed by atoms with Crippen LogP contribution in [0.15, 0.2) is 12.1 Å². The number of hydrogen-bond donors (Lipinski definition) is 0. The fourth-order valence-corrected chi connectivity index (χ4v) is 2.13. The summed E-state index contributed by atoms with van der Waals surface area (Å²) in [5.74, 6) is 1.20. The molecule has 84 valence electrons. The average Bonchev–Trinajstić information content (AvgIpc) is 2.14. The van der Waals surface area contributed by atoms with E-state index < -0.39 is 0 Å². The zero-order valence-corrected chi connectivity index (χ0v) is 11.8. The minimum Gasteiger partial charge on any atom is -0.491 e. The molecule has 0 heterocycles. The molecule has 0 fully saturated rings. The van der Waals surface area contributed by atoms with Gasteiger partial charge in [-0.3, -0.25) is 0 Å². The summed E-state index contributed by atoms with van der Waals surface area (Å²) < 4.78 is 5.65. The number of hydrogen-bond acceptors (Lipinski definition) is 1. The molecule has 0 aromatic heterocycles. The van der Waals surface area contributed by atoms with Gasteiger partial charge in [-0.25, -0.2) is 0 Å². The van der Waals surface area contributed by atoms with E-state index in [0.29, 0.717) is 27.9 Å². The monoisotopic (exact) mass is 310 g/mol. The Kier molecular flexibility index (Phi) is 5.24. The highest BCUT2D eigenvalue weighted by molar-refractivity contribution is 9.08. The molecular formula is C11H13BrCl2O. The van der Waals surface area contributed by atoms with Gasteiger partial charge in [0.2, 0.25) is 0 Å². The first kappa shape index (κ1) is 13.1. The molecule has 0 saturated carbocycles. The van der Waals surface area contributed by atoms with Gasteiger partial charge in [0.1, 0.15) is 5.75 Å². The van der Waals surface area contributed by atoms with E-state index in [1.807, 2.05) is 6.07 Å². The summed E-state index contributed by atoms with van der Waals surface area (Å²) in [6.07, 6.45) is 0. The van der Waals surface area contributed by atoms with Crippen molar-refractivity contribution in [3.8, 4) is 5.75 Å². The van der Waals surface area contributed by atoms with Gasteiger partial charge >= 0.3 is 0 Å². The molecular weight excluding hydrogens is 299 g/mol. The molecule has 1 nitrogen and oxygen atoms in total. The third-order valence-electron chi connectivity index (χ3n) is 1.79. The van der Waals surface area contributed by atoms with Crippen LogP contribution >= 0.6 is 39.1 Å². The molecule has 0 aliphatic rings. The van der Waals surface area contributed by atoms with Crippen LogP contribution in [0.25, 0.3) is 0 Å². The maximum Gasteiger partial charge on any atom is 0.142 e. The van der Waals surface area contributed by atoms with Crippen LogP contribution in [-0.2, 0) is 5.33 Å². The van der Waals surface area contributed by atoms with Crippen LogP contribution in [0.3, 0.4) is 0 Å². The summed E-state index contributed by atoms with van der Waals surface area (Å²) in [5, 5.41) is 1.88. The summed E-state index contributed by atoms with van der Waals surface area (Å²) in [6, 6.07) is 3.56. The SMILES string of the molecule is CC(C)COc1c(Cl)cc(Cl)cc1CBr. The highest BCUT2D eigenvalue weighted by Crippen LogP contribution is 2.33. The van der Waals surface area contributed by atoms with Crippen molar-refractivity contribution in [2.45, 2.75) is 19.2 Å². The topological polar surface area (TPSA) is 9.23 Å². The molecule has 0 atom stereocenters. The Balaban J connectivity index is 2.93. The van der Waals surface area contributed by atoms with Crippen molar-refractivity contribution >= 4 is 39.1 Å². The molecule has 1 rings (SSSR count). The van der Waals surface area contributed by atoms with Crippen molar-refractivity contribution in [3.05, 3.63) is 27.7 Å².